The van der Waals surface area contributed by atoms with Crippen molar-refractivity contribution in [1.29, 1.82) is 0 Å². The van der Waals surface area contributed by atoms with Gasteiger partial charge in [0.2, 0.25) is 0 Å². The molecule has 0 bridgehead atoms. The minimum absolute atomic E-state index is 0.0298. The van der Waals surface area contributed by atoms with Gasteiger partial charge in [-0.15, -0.1) is 0 Å². The molecule has 7 heteroatoms. The molecule has 0 saturated carbocycles. The maximum Gasteiger partial charge on any atom is 0.303 e. The molecule has 0 aliphatic carbocycles. The van der Waals surface area contributed by atoms with E-state index in [2.05, 4.69) is 13.8 Å². The molecule has 3 N–H and O–H groups in total. The number of unbranched alkanes of at least 4 members (excludes halogenated alkanes) is 27. The van der Waals surface area contributed by atoms with Crippen LogP contribution in [-0.4, -0.2) is 59.5 Å². The van der Waals surface area contributed by atoms with Crippen LogP contribution in [-0.2, 0) is 14.5 Å². The highest BCUT2D eigenvalue weighted by Gasteiger charge is 2.05. The Balaban J connectivity index is 0. The largest absolute Gasteiger partial charge is 0.481 e. The molecule has 0 aliphatic rings. The van der Waals surface area contributed by atoms with Gasteiger partial charge in [-0.3, -0.25) is 14.5 Å². The van der Waals surface area contributed by atoms with E-state index in [0.717, 1.165) is 19.3 Å². The molecule has 0 heterocycles. The first-order valence-electron chi connectivity index (χ1n) is 19.6. The number of rotatable bonds is 37. The second kappa shape index (κ2) is 43.3. The highest BCUT2D eigenvalue weighted by Crippen LogP contribution is 2.15. The summed E-state index contributed by atoms with van der Waals surface area (Å²) in [7, 11) is 0. The van der Waals surface area contributed by atoms with E-state index in [4.69, 9.17) is 25.0 Å². The summed E-state index contributed by atoms with van der Waals surface area (Å²) in [5.41, 5.74) is 0. The minimum Gasteiger partial charge on any atom is -0.481 e. The second-order valence-corrected chi connectivity index (χ2v) is 12.9. The molecular formula is C38H79NO6. The van der Waals surface area contributed by atoms with Gasteiger partial charge in [-0.05, 0) is 12.8 Å². The zero-order valence-electron chi connectivity index (χ0n) is 30.3. The van der Waals surface area contributed by atoms with Crippen LogP contribution in [0.15, 0.2) is 0 Å². The number of hydrogen-bond acceptors (Lipinski definition) is 6. The van der Waals surface area contributed by atoms with E-state index in [1.54, 1.807) is 0 Å². The molecule has 0 aromatic heterocycles. The molecule has 0 unspecified atom stereocenters. The summed E-state index contributed by atoms with van der Waals surface area (Å²) in [6.45, 7) is 5.61. The van der Waals surface area contributed by atoms with E-state index < -0.39 is 5.97 Å². The molecule has 0 rings (SSSR count). The zero-order chi connectivity index (χ0) is 33.3. The van der Waals surface area contributed by atoms with Crippen molar-refractivity contribution in [2.45, 2.75) is 206 Å². The molecule has 0 amide bonds. The molecule has 0 saturated heterocycles. The fraction of sp³-hybridized carbons (Fsp3) is 0.974. The molecule has 7 nitrogen and oxygen atoms in total. The number of carboxylic acid groups (broad SMARTS) is 1. The van der Waals surface area contributed by atoms with E-state index in [1.807, 2.05) is 0 Å². The Bertz CT molecular complexity index is 528. The van der Waals surface area contributed by atoms with Crippen LogP contribution in [0.1, 0.15) is 206 Å². The lowest BCUT2D eigenvalue weighted by Gasteiger charge is -2.20. The lowest BCUT2D eigenvalue weighted by molar-refractivity contribution is -0.371. The number of hydrogen-bond donors (Lipinski definition) is 3. The molecule has 0 fully saturated rings. The van der Waals surface area contributed by atoms with E-state index in [9.17, 15) is 4.79 Å². The zero-order valence-corrected chi connectivity index (χ0v) is 30.3. The highest BCUT2D eigenvalue weighted by atomic mass is 16.9. The van der Waals surface area contributed by atoms with Crippen molar-refractivity contribution in [3.05, 3.63) is 0 Å². The van der Waals surface area contributed by atoms with Crippen molar-refractivity contribution in [3.8, 4) is 0 Å². The Kier molecular flexibility index (Phi) is 44.6. The van der Waals surface area contributed by atoms with Gasteiger partial charge in [-0.2, -0.15) is 0 Å². The standard InChI is InChI=1S/C22H47NO4.C16H32O2/c1-2-3-4-5-6-7-8-9-10-11-12-13-14-15-16-17-18-23(26-21-19-24)27-22-20-25;1-2-3-4-5-6-7-8-9-10-11-12-13-14-15-16(17)18/h24-25H,2-22H2,1H3;2-15H2,1H3,(H,17,18). The number of carbonyl (C=O) groups is 1. The summed E-state index contributed by atoms with van der Waals surface area (Å²) in [4.78, 5) is 20.8. The van der Waals surface area contributed by atoms with Crippen molar-refractivity contribution in [3.63, 3.8) is 0 Å². The number of hydroxylamine groups is 2. The van der Waals surface area contributed by atoms with E-state index in [0.29, 0.717) is 13.0 Å². The first-order chi connectivity index (χ1) is 22.1. The van der Waals surface area contributed by atoms with Crippen LogP contribution in [0, 0.1) is 0 Å². The number of nitrogens with zero attached hydrogens (tertiary/aromatic N) is 1. The van der Waals surface area contributed by atoms with Gasteiger partial charge in [0.05, 0.1) is 33.0 Å². The van der Waals surface area contributed by atoms with Gasteiger partial charge in [0.25, 0.3) is 0 Å². The number of aliphatic carboxylic acids is 1. The van der Waals surface area contributed by atoms with E-state index in [-0.39, 0.29) is 26.4 Å². The fourth-order valence-corrected chi connectivity index (χ4v) is 5.53. The molecule has 0 aliphatic heterocycles. The SMILES string of the molecule is CCCCCCCCCCCCCCCC(=O)O.CCCCCCCCCCCCCCCCCCN(OCCO)OCCO. The lowest BCUT2D eigenvalue weighted by atomic mass is 10.0. The van der Waals surface area contributed by atoms with Gasteiger partial charge in [0.1, 0.15) is 0 Å². The molecule has 0 radical (unpaired) electrons. The summed E-state index contributed by atoms with van der Waals surface area (Å²) in [5, 5.41) is 27.5. The maximum absolute atomic E-state index is 10.3. The normalized spacial score (nSPS) is 11.2. The predicted octanol–water partition coefficient (Wildman–Crippen LogP) is 10.9. The monoisotopic (exact) mass is 646 g/mol. The van der Waals surface area contributed by atoms with E-state index in [1.165, 1.54) is 172 Å². The fourth-order valence-electron chi connectivity index (χ4n) is 5.53. The summed E-state index contributed by atoms with van der Waals surface area (Å²) >= 11 is 0. The second-order valence-electron chi connectivity index (χ2n) is 12.9. The number of aliphatic hydroxyl groups excluding tert-OH is 2. The molecule has 0 aromatic rings. The van der Waals surface area contributed by atoms with Gasteiger partial charge in [0, 0.05) is 6.42 Å². The van der Waals surface area contributed by atoms with Crippen molar-refractivity contribution in [2.24, 2.45) is 0 Å². The minimum atomic E-state index is -0.655. The smallest absolute Gasteiger partial charge is 0.303 e. The first-order valence-corrected chi connectivity index (χ1v) is 19.6. The third-order valence-electron chi connectivity index (χ3n) is 8.34. The average molecular weight is 646 g/mol. The Hall–Kier alpha value is -0.730. The molecule has 0 aromatic carbocycles. The third-order valence-corrected chi connectivity index (χ3v) is 8.34. The van der Waals surface area contributed by atoms with Crippen molar-refractivity contribution in [2.75, 3.05) is 33.0 Å². The van der Waals surface area contributed by atoms with Crippen LogP contribution < -0.4 is 0 Å². The van der Waals surface area contributed by atoms with Crippen LogP contribution in [0.4, 0.5) is 0 Å². The molecular weight excluding hydrogens is 566 g/mol. The van der Waals surface area contributed by atoms with Gasteiger partial charge < -0.3 is 15.3 Å². The summed E-state index contributed by atoms with van der Waals surface area (Å²) in [5.74, 6) is -0.655. The Labute approximate surface area is 280 Å². The molecule has 0 atom stereocenters. The van der Waals surface area contributed by atoms with Crippen LogP contribution in [0.3, 0.4) is 0 Å². The van der Waals surface area contributed by atoms with Crippen molar-refractivity contribution >= 4 is 5.97 Å². The summed E-state index contributed by atoms with van der Waals surface area (Å²) in [6.07, 6.45) is 38.9. The van der Waals surface area contributed by atoms with Gasteiger partial charge in [0.15, 0.2) is 0 Å². The predicted molar refractivity (Wildman–Crippen MR) is 190 cm³/mol. The molecule has 0 spiro atoms. The van der Waals surface area contributed by atoms with Gasteiger partial charge >= 0.3 is 5.97 Å². The van der Waals surface area contributed by atoms with Crippen LogP contribution in [0.25, 0.3) is 0 Å². The van der Waals surface area contributed by atoms with E-state index >= 15 is 0 Å². The van der Waals surface area contributed by atoms with Crippen LogP contribution >= 0.6 is 0 Å². The van der Waals surface area contributed by atoms with Crippen molar-refractivity contribution < 1.29 is 29.8 Å². The number of carboxylic acids is 1. The Morgan fingerprint density at radius 3 is 0.978 bits per heavy atom. The van der Waals surface area contributed by atoms with Crippen molar-refractivity contribution in [1.82, 2.24) is 5.23 Å². The highest BCUT2D eigenvalue weighted by molar-refractivity contribution is 5.66. The Morgan fingerprint density at radius 2 is 0.711 bits per heavy atom. The average Bonchev–Trinajstić information content (AvgIpc) is 3.04. The lowest BCUT2D eigenvalue weighted by Crippen LogP contribution is -2.28. The first kappa shape index (κ1) is 46.4. The number of aliphatic hydroxyl groups is 2. The summed E-state index contributed by atoms with van der Waals surface area (Å²) in [6, 6.07) is 0. The maximum atomic E-state index is 10.3. The van der Waals surface area contributed by atoms with Crippen LogP contribution in [0.2, 0.25) is 0 Å². The Morgan fingerprint density at radius 1 is 0.444 bits per heavy atom. The quantitative estimate of drug-likeness (QED) is 0.0456. The topological polar surface area (TPSA) is 99.5 Å². The third kappa shape index (κ3) is 45.4. The van der Waals surface area contributed by atoms with Gasteiger partial charge in [-0.1, -0.05) is 192 Å². The van der Waals surface area contributed by atoms with Gasteiger partial charge in [-0.25, -0.2) is 0 Å². The van der Waals surface area contributed by atoms with Crippen LogP contribution in [0.5, 0.6) is 0 Å². The summed E-state index contributed by atoms with van der Waals surface area (Å²) < 4.78 is 0. The molecule has 45 heavy (non-hydrogen) atoms. The molecule has 272 valence electrons.